The second-order valence-corrected chi connectivity index (χ2v) is 4.67. The number of carbonyl (C=O) groups is 1. The van der Waals surface area contributed by atoms with Gasteiger partial charge in [-0.2, -0.15) is 0 Å². The molecular formula is C14H27NO4. The van der Waals surface area contributed by atoms with Crippen LogP contribution in [0.5, 0.6) is 0 Å². The molecule has 0 spiro atoms. The molecule has 0 bridgehead atoms. The second kappa shape index (κ2) is 10.2. The molecule has 5 nitrogen and oxygen atoms in total. The van der Waals surface area contributed by atoms with Crippen molar-refractivity contribution in [2.24, 2.45) is 0 Å². The minimum atomic E-state index is -0.343. The summed E-state index contributed by atoms with van der Waals surface area (Å²) in [5.41, 5.74) is 0. The van der Waals surface area contributed by atoms with E-state index in [1.165, 1.54) is 6.42 Å². The van der Waals surface area contributed by atoms with E-state index in [0.717, 1.165) is 25.9 Å². The number of ether oxygens (including phenoxy) is 3. The first-order valence-electron chi connectivity index (χ1n) is 7.37. The summed E-state index contributed by atoms with van der Waals surface area (Å²) >= 11 is 0. The highest BCUT2D eigenvalue weighted by Gasteiger charge is 2.16. The average molecular weight is 273 g/mol. The van der Waals surface area contributed by atoms with Gasteiger partial charge in [0.2, 0.25) is 5.91 Å². The molecule has 1 unspecified atom stereocenters. The van der Waals surface area contributed by atoms with E-state index in [9.17, 15) is 4.79 Å². The van der Waals surface area contributed by atoms with Crippen molar-refractivity contribution < 1.29 is 19.0 Å². The van der Waals surface area contributed by atoms with Crippen LogP contribution in [0.2, 0.25) is 0 Å². The van der Waals surface area contributed by atoms with Gasteiger partial charge in [0.25, 0.3) is 0 Å². The van der Waals surface area contributed by atoms with E-state index < -0.39 is 0 Å². The standard InChI is InChI=1S/C14H27NO4/c1-3-17-14(18-4-2)11-15-13(16)9-8-12-7-5-6-10-19-12/h12,14H,3-11H2,1-2H3,(H,15,16). The first kappa shape index (κ1) is 16.4. The SMILES string of the molecule is CCOC(CNC(=O)CCC1CCCCO1)OCC. The van der Waals surface area contributed by atoms with E-state index in [4.69, 9.17) is 14.2 Å². The zero-order valence-corrected chi connectivity index (χ0v) is 12.2. The van der Waals surface area contributed by atoms with Gasteiger partial charge in [0.15, 0.2) is 6.29 Å². The van der Waals surface area contributed by atoms with E-state index >= 15 is 0 Å². The van der Waals surface area contributed by atoms with Gasteiger partial charge >= 0.3 is 0 Å². The fraction of sp³-hybridized carbons (Fsp3) is 0.929. The van der Waals surface area contributed by atoms with Gasteiger partial charge in [-0.25, -0.2) is 0 Å². The van der Waals surface area contributed by atoms with Crippen molar-refractivity contribution >= 4 is 5.91 Å². The Bertz CT molecular complexity index is 236. The van der Waals surface area contributed by atoms with Crippen LogP contribution < -0.4 is 5.32 Å². The molecule has 0 aromatic rings. The van der Waals surface area contributed by atoms with Crippen LogP contribution in [0, 0.1) is 0 Å². The number of carbonyl (C=O) groups excluding carboxylic acids is 1. The second-order valence-electron chi connectivity index (χ2n) is 4.67. The van der Waals surface area contributed by atoms with Crippen LogP contribution in [0.1, 0.15) is 46.0 Å². The molecule has 19 heavy (non-hydrogen) atoms. The van der Waals surface area contributed by atoms with Crippen molar-refractivity contribution in [2.75, 3.05) is 26.4 Å². The van der Waals surface area contributed by atoms with Gasteiger partial charge in [0.1, 0.15) is 0 Å². The first-order chi connectivity index (χ1) is 9.26. The fourth-order valence-corrected chi connectivity index (χ4v) is 2.15. The molecule has 1 fully saturated rings. The Labute approximate surface area is 116 Å². The summed E-state index contributed by atoms with van der Waals surface area (Å²) in [4.78, 5) is 11.7. The maximum absolute atomic E-state index is 11.7. The predicted octanol–water partition coefficient (Wildman–Crippen LogP) is 1.85. The molecule has 1 saturated heterocycles. The van der Waals surface area contributed by atoms with Gasteiger partial charge in [0.05, 0.1) is 12.6 Å². The lowest BCUT2D eigenvalue weighted by Gasteiger charge is -2.22. The molecule has 1 heterocycles. The van der Waals surface area contributed by atoms with Gasteiger partial charge in [-0.3, -0.25) is 4.79 Å². The molecule has 1 atom stereocenters. The summed E-state index contributed by atoms with van der Waals surface area (Å²) in [5.74, 6) is 0.0404. The smallest absolute Gasteiger partial charge is 0.220 e. The molecule has 112 valence electrons. The highest BCUT2D eigenvalue weighted by molar-refractivity contribution is 5.75. The molecule has 1 amide bonds. The third-order valence-corrected chi connectivity index (χ3v) is 3.14. The Morgan fingerprint density at radius 3 is 2.63 bits per heavy atom. The third-order valence-electron chi connectivity index (χ3n) is 3.14. The number of hydrogen-bond acceptors (Lipinski definition) is 4. The molecule has 1 aliphatic heterocycles. The molecule has 1 rings (SSSR count). The van der Waals surface area contributed by atoms with Crippen molar-refractivity contribution in [3.05, 3.63) is 0 Å². The maximum Gasteiger partial charge on any atom is 0.220 e. The number of amides is 1. The van der Waals surface area contributed by atoms with Crippen molar-refractivity contribution in [3.8, 4) is 0 Å². The summed E-state index contributed by atoms with van der Waals surface area (Å²) in [6, 6.07) is 0. The van der Waals surface area contributed by atoms with Crippen LogP contribution >= 0.6 is 0 Å². The predicted molar refractivity (Wildman–Crippen MR) is 72.9 cm³/mol. The average Bonchev–Trinajstić information content (AvgIpc) is 2.44. The number of rotatable bonds is 9. The molecular weight excluding hydrogens is 246 g/mol. The van der Waals surface area contributed by atoms with Crippen LogP contribution in [0.15, 0.2) is 0 Å². The molecule has 0 saturated carbocycles. The summed E-state index contributed by atoms with van der Waals surface area (Å²) in [6.07, 6.45) is 4.67. The summed E-state index contributed by atoms with van der Waals surface area (Å²) in [6.45, 7) is 6.23. The Hall–Kier alpha value is -0.650. The van der Waals surface area contributed by atoms with Gasteiger partial charge in [-0.1, -0.05) is 0 Å². The van der Waals surface area contributed by atoms with Crippen LogP contribution in [-0.2, 0) is 19.0 Å². The highest BCUT2D eigenvalue weighted by Crippen LogP contribution is 2.16. The lowest BCUT2D eigenvalue weighted by molar-refractivity contribution is -0.140. The lowest BCUT2D eigenvalue weighted by Crippen LogP contribution is -2.35. The van der Waals surface area contributed by atoms with Gasteiger partial charge in [-0.15, -0.1) is 0 Å². The van der Waals surface area contributed by atoms with Gasteiger partial charge in [-0.05, 0) is 39.5 Å². The minimum Gasteiger partial charge on any atom is -0.378 e. The molecule has 1 N–H and O–H groups in total. The summed E-state index contributed by atoms with van der Waals surface area (Å²) in [7, 11) is 0. The van der Waals surface area contributed by atoms with Crippen molar-refractivity contribution in [2.45, 2.75) is 58.3 Å². The Morgan fingerprint density at radius 1 is 1.32 bits per heavy atom. The fourth-order valence-electron chi connectivity index (χ4n) is 2.15. The Kier molecular flexibility index (Phi) is 8.79. The largest absolute Gasteiger partial charge is 0.378 e. The van der Waals surface area contributed by atoms with Crippen molar-refractivity contribution in [1.29, 1.82) is 0 Å². The normalized spacial score (nSPS) is 19.6. The van der Waals surface area contributed by atoms with Crippen LogP contribution in [0.25, 0.3) is 0 Å². The topological polar surface area (TPSA) is 56.8 Å². The maximum atomic E-state index is 11.7. The molecule has 0 aliphatic carbocycles. The zero-order chi connectivity index (χ0) is 13.9. The van der Waals surface area contributed by atoms with Crippen LogP contribution in [0.4, 0.5) is 0 Å². The molecule has 1 aliphatic rings. The third kappa shape index (κ3) is 7.50. The quantitative estimate of drug-likeness (QED) is 0.651. The molecule has 0 radical (unpaired) electrons. The van der Waals surface area contributed by atoms with Crippen LogP contribution in [-0.4, -0.2) is 44.7 Å². The lowest BCUT2D eigenvalue weighted by atomic mass is 10.0. The number of hydrogen-bond donors (Lipinski definition) is 1. The molecule has 0 aromatic heterocycles. The van der Waals surface area contributed by atoms with Crippen molar-refractivity contribution in [1.82, 2.24) is 5.32 Å². The van der Waals surface area contributed by atoms with Crippen molar-refractivity contribution in [3.63, 3.8) is 0 Å². The highest BCUT2D eigenvalue weighted by atomic mass is 16.7. The van der Waals surface area contributed by atoms with E-state index in [2.05, 4.69) is 5.32 Å². The van der Waals surface area contributed by atoms with Gasteiger partial charge in [0, 0.05) is 26.2 Å². The van der Waals surface area contributed by atoms with E-state index in [1.807, 2.05) is 13.8 Å². The van der Waals surface area contributed by atoms with E-state index in [1.54, 1.807) is 0 Å². The summed E-state index contributed by atoms with van der Waals surface area (Å²) < 4.78 is 16.3. The molecule has 5 heteroatoms. The molecule has 0 aromatic carbocycles. The minimum absolute atomic E-state index is 0.0404. The van der Waals surface area contributed by atoms with E-state index in [-0.39, 0.29) is 18.3 Å². The van der Waals surface area contributed by atoms with Crippen LogP contribution in [0.3, 0.4) is 0 Å². The Balaban J connectivity index is 2.11. The Morgan fingerprint density at radius 2 is 2.05 bits per heavy atom. The van der Waals surface area contributed by atoms with Gasteiger partial charge < -0.3 is 19.5 Å². The first-order valence-corrected chi connectivity index (χ1v) is 7.37. The van der Waals surface area contributed by atoms with E-state index in [0.29, 0.717) is 26.2 Å². The summed E-state index contributed by atoms with van der Waals surface area (Å²) in [5, 5.41) is 2.85. The number of nitrogens with one attached hydrogen (secondary N) is 1. The zero-order valence-electron chi connectivity index (χ0n) is 12.2. The monoisotopic (exact) mass is 273 g/mol.